The van der Waals surface area contributed by atoms with E-state index in [0.717, 1.165) is 0 Å². The summed E-state index contributed by atoms with van der Waals surface area (Å²) in [4.78, 5) is 10.5. The fourth-order valence-electron chi connectivity index (χ4n) is 1.43. The van der Waals surface area contributed by atoms with E-state index >= 15 is 0 Å². The van der Waals surface area contributed by atoms with Gasteiger partial charge in [-0.3, -0.25) is 4.79 Å². The van der Waals surface area contributed by atoms with E-state index in [2.05, 4.69) is 4.74 Å². The smallest absolute Gasteiger partial charge is 0.396 e. The van der Waals surface area contributed by atoms with Crippen LogP contribution in [0.4, 0.5) is 74.6 Å². The molecule has 0 unspecified atom stereocenters. The van der Waals surface area contributed by atoms with Crippen molar-refractivity contribution in [1.82, 2.24) is 0 Å². The van der Waals surface area contributed by atoms with Crippen LogP contribution < -0.4 is 0 Å². The molecule has 30 heavy (non-hydrogen) atoms. The highest BCUT2D eigenvalue weighted by atomic mass is 19.4. The maximum Gasteiger partial charge on any atom is 0.473 e. The summed E-state index contributed by atoms with van der Waals surface area (Å²) in [6.45, 7) is 0.539. The summed E-state index contributed by atoms with van der Waals surface area (Å²) >= 11 is 0. The molecular weight excluding hydrogens is 487 g/mol. The fourth-order valence-corrected chi connectivity index (χ4v) is 1.43. The summed E-state index contributed by atoms with van der Waals surface area (Å²) in [5.74, 6) is -53.2. The van der Waals surface area contributed by atoms with Gasteiger partial charge in [0, 0.05) is 6.42 Å². The SMILES string of the molecule is CCC(=O)OC(F)(F)C(F)(F)C(F)(F)C(F)(F)C(F)(F)C(F)(F)C(F)(F)C(F)(F)F. The monoisotopic (exact) mass is 492 g/mol. The third kappa shape index (κ3) is 3.60. The molecule has 19 heteroatoms. The normalized spacial score (nSPS) is 15.9. The number of alkyl halides is 17. The molecule has 180 valence electrons. The van der Waals surface area contributed by atoms with Crippen molar-refractivity contribution >= 4 is 5.97 Å². The zero-order valence-corrected chi connectivity index (χ0v) is 13.4. The molecule has 0 bridgehead atoms. The van der Waals surface area contributed by atoms with Crippen molar-refractivity contribution in [2.75, 3.05) is 0 Å². The highest BCUT2D eigenvalue weighted by Gasteiger charge is 2.95. The molecule has 0 atom stereocenters. The average Bonchev–Trinajstić information content (AvgIpc) is 2.51. The summed E-state index contributed by atoms with van der Waals surface area (Å²) < 4.78 is 220. The number of carbonyl (C=O) groups is 1. The molecule has 0 N–H and O–H groups in total. The fraction of sp³-hybridized carbons (Fsp3) is 0.909. The molecule has 0 aromatic heterocycles. The van der Waals surface area contributed by atoms with E-state index < -0.39 is 60.2 Å². The molecule has 0 aromatic rings. The van der Waals surface area contributed by atoms with Crippen LogP contribution >= 0.6 is 0 Å². The summed E-state index contributed by atoms with van der Waals surface area (Å²) in [7, 11) is 0. The lowest BCUT2D eigenvalue weighted by molar-refractivity contribution is -0.474. The lowest BCUT2D eigenvalue weighted by Crippen LogP contribution is -2.74. The second kappa shape index (κ2) is 7.16. The number of esters is 1. The Balaban J connectivity index is 6.66. The maximum absolute atomic E-state index is 13.2. The first-order valence-electron chi connectivity index (χ1n) is 6.64. The number of halogens is 17. The van der Waals surface area contributed by atoms with Crippen molar-refractivity contribution in [3.05, 3.63) is 0 Å². The van der Waals surface area contributed by atoms with E-state index in [1.54, 1.807) is 0 Å². The van der Waals surface area contributed by atoms with Crippen LogP contribution in [0.1, 0.15) is 13.3 Å². The quantitative estimate of drug-likeness (QED) is 0.312. The second-order valence-corrected chi connectivity index (χ2v) is 5.29. The summed E-state index contributed by atoms with van der Waals surface area (Å²) in [6, 6.07) is 0. The minimum absolute atomic E-state index is 0.539. The lowest BCUT2D eigenvalue weighted by Gasteiger charge is -2.42. The molecule has 0 aliphatic carbocycles. The van der Waals surface area contributed by atoms with Crippen LogP contribution in [0, 0.1) is 0 Å². The van der Waals surface area contributed by atoms with Gasteiger partial charge >= 0.3 is 53.8 Å². The van der Waals surface area contributed by atoms with E-state index in [1.165, 1.54) is 0 Å². The van der Waals surface area contributed by atoms with Gasteiger partial charge in [0.25, 0.3) is 0 Å². The van der Waals surface area contributed by atoms with E-state index in [-0.39, 0.29) is 0 Å². The summed E-state index contributed by atoms with van der Waals surface area (Å²) in [5, 5.41) is 0. The Morgan fingerprint density at radius 3 is 1.07 bits per heavy atom. The van der Waals surface area contributed by atoms with E-state index in [4.69, 9.17) is 0 Å². The zero-order chi connectivity index (χ0) is 25.0. The second-order valence-electron chi connectivity index (χ2n) is 5.29. The van der Waals surface area contributed by atoms with E-state index in [9.17, 15) is 79.4 Å². The zero-order valence-electron chi connectivity index (χ0n) is 13.4. The van der Waals surface area contributed by atoms with Crippen molar-refractivity contribution in [2.24, 2.45) is 0 Å². The van der Waals surface area contributed by atoms with E-state index in [1.807, 2.05) is 0 Å². The molecule has 0 spiro atoms. The minimum Gasteiger partial charge on any atom is -0.396 e. The average molecular weight is 492 g/mol. The molecule has 0 amide bonds. The molecule has 0 saturated heterocycles. The molecule has 0 aliphatic rings. The van der Waals surface area contributed by atoms with Crippen LogP contribution in [0.2, 0.25) is 0 Å². The van der Waals surface area contributed by atoms with Crippen LogP contribution in [-0.2, 0) is 9.53 Å². The van der Waals surface area contributed by atoms with Crippen LogP contribution in [0.15, 0.2) is 0 Å². The first kappa shape index (κ1) is 28.3. The third-order valence-corrected chi connectivity index (χ3v) is 3.22. The van der Waals surface area contributed by atoms with Crippen LogP contribution in [0.25, 0.3) is 0 Å². The Morgan fingerprint density at radius 2 is 0.800 bits per heavy atom. The molecule has 0 aliphatic heterocycles. The van der Waals surface area contributed by atoms with Crippen molar-refractivity contribution in [1.29, 1.82) is 0 Å². The molecule has 0 rings (SSSR count). The molecule has 0 fully saturated rings. The van der Waals surface area contributed by atoms with Crippen molar-refractivity contribution < 1.29 is 84.2 Å². The van der Waals surface area contributed by atoms with Gasteiger partial charge in [-0.05, 0) is 0 Å². The van der Waals surface area contributed by atoms with Gasteiger partial charge in [0.05, 0.1) is 0 Å². The highest BCUT2D eigenvalue weighted by molar-refractivity contribution is 5.69. The molecule has 0 heterocycles. The largest absolute Gasteiger partial charge is 0.473 e. The van der Waals surface area contributed by atoms with Crippen LogP contribution in [0.3, 0.4) is 0 Å². The van der Waals surface area contributed by atoms with Crippen molar-refractivity contribution in [2.45, 2.75) is 61.2 Å². The topological polar surface area (TPSA) is 26.3 Å². The van der Waals surface area contributed by atoms with Crippen molar-refractivity contribution in [3.8, 4) is 0 Å². The first-order valence-corrected chi connectivity index (χ1v) is 6.64. The molecular formula is C11H5F17O2. The maximum atomic E-state index is 13.2. The predicted molar refractivity (Wildman–Crippen MR) is 57.1 cm³/mol. The van der Waals surface area contributed by atoms with Gasteiger partial charge in [0.15, 0.2) is 0 Å². The Kier molecular flexibility index (Phi) is 6.75. The van der Waals surface area contributed by atoms with E-state index in [0.29, 0.717) is 6.92 Å². The molecule has 2 nitrogen and oxygen atoms in total. The van der Waals surface area contributed by atoms with Gasteiger partial charge < -0.3 is 4.74 Å². The van der Waals surface area contributed by atoms with Gasteiger partial charge in [-0.15, -0.1) is 0 Å². The highest BCUT2D eigenvalue weighted by Crippen LogP contribution is 2.63. The lowest BCUT2D eigenvalue weighted by atomic mass is 9.90. The predicted octanol–water partition coefficient (Wildman–Crippen LogP) is 5.91. The Bertz CT molecular complexity index is 647. The number of carbonyl (C=O) groups excluding carboxylic acids is 1. The van der Waals surface area contributed by atoms with Gasteiger partial charge in [0.2, 0.25) is 0 Å². The van der Waals surface area contributed by atoms with Crippen molar-refractivity contribution in [3.63, 3.8) is 0 Å². The van der Waals surface area contributed by atoms with Gasteiger partial charge in [0.1, 0.15) is 0 Å². The summed E-state index contributed by atoms with van der Waals surface area (Å²) in [5.41, 5.74) is 0. The van der Waals surface area contributed by atoms with Crippen LogP contribution in [-0.4, -0.2) is 53.8 Å². The van der Waals surface area contributed by atoms with Crippen LogP contribution in [0.5, 0.6) is 0 Å². The van der Waals surface area contributed by atoms with Gasteiger partial charge in [-0.25, -0.2) is 0 Å². The standard InChI is InChI=1S/C11H5F17O2/c1-2-3(29)30-11(27,28)9(22,23)7(18,19)5(14,15)4(12,13)6(16,17)8(20,21)10(24,25)26/h2H2,1H3. The third-order valence-electron chi connectivity index (χ3n) is 3.22. The Morgan fingerprint density at radius 1 is 0.533 bits per heavy atom. The molecule has 0 saturated carbocycles. The van der Waals surface area contributed by atoms with Gasteiger partial charge in [-0.1, -0.05) is 6.92 Å². The minimum atomic E-state index is -8.71. The first-order chi connectivity index (χ1) is 12.7. The number of ether oxygens (including phenoxy) is 1. The Labute approximate surface area is 152 Å². The number of rotatable bonds is 8. The number of hydrogen-bond acceptors (Lipinski definition) is 2. The van der Waals surface area contributed by atoms with Gasteiger partial charge in [-0.2, -0.15) is 74.6 Å². The number of hydrogen-bond donors (Lipinski definition) is 0. The molecule has 0 aromatic carbocycles. The molecule has 0 radical (unpaired) electrons. The summed E-state index contributed by atoms with van der Waals surface area (Å²) in [6.07, 6.45) is -16.3. The Hall–Kier alpha value is -1.72.